The minimum absolute atomic E-state index is 0.106. The SMILES string of the molecule is O=C(NO)c1ccc(CN2C(=O)c3cccnc3N(C3CC3)c3ccccc32)cc1. The minimum Gasteiger partial charge on any atom is -0.321 e. The Kier molecular flexibility index (Phi) is 4.44. The van der Waals surface area contributed by atoms with Crippen LogP contribution in [0.2, 0.25) is 0 Å². The number of fused-ring (bicyclic) bond motifs is 2. The summed E-state index contributed by atoms with van der Waals surface area (Å²) >= 11 is 0. The van der Waals surface area contributed by atoms with Crippen LogP contribution in [0.1, 0.15) is 39.1 Å². The van der Waals surface area contributed by atoms with Crippen LogP contribution in [0, 0.1) is 0 Å². The minimum atomic E-state index is -0.571. The molecule has 30 heavy (non-hydrogen) atoms. The van der Waals surface area contributed by atoms with Crippen LogP contribution in [0.5, 0.6) is 0 Å². The summed E-state index contributed by atoms with van der Waals surface area (Å²) in [5.74, 6) is 0.0265. The van der Waals surface area contributed by atoms with Crippen LogP contribution in [-0.2, 0) is 6.54 Å². The highest BCUT2D eigenvalue weighted by Gasteiger charge is 2.38. The number of rotatable bonds is 4. The fourth-order valence-corrected chi connectivity index (χ4v) is 3.89. The number of amides is 2. The van der Waals surface area contributed by atoms with E-state index in [1.54, 1.807) is 46.9 Å². The van der Waals surface area contributed by atoms with E-state index in [2.05, 4.69) is 9.88 Å². The van der Waals surface area contributed by atoms with Crippen molar-refractivity contribution in [2.45, 2.75) is 25.4 Å². The molecule has 1 aliphatic carbocycles. The van der Waals surface area contributed by atoms with Gasteiger partial charge in [0.1, 0.15) is 5.82 Å². The quantitative estimate of drug-likeness (QED) is 0.516. The highest BCUT2D eigenvalue weighted by Crippen LogP contribution is 2.45. The van der Waals surface area contributed by atoms with Crippen molar-refractivity contribution < 1.29 is 14.8 Å². The number of carbonyl (C=O) groups excluding carboxylic acids is 2. The maximum absolute atomic E-state index is 13.6. The first-order chi connectivity index (χ1) is 14.7. The number of benzene rings is 2. The van der Waals surface area contributed by atoms with Crippen molar-refractivity contribution in [1.82, 2.24) is 10.5 Å². The zero-order valence-corrected chi connectivity index (χ0v) is 16.2. The number of para-hydroxylation sites is 2. The third-order valence-corrected chi connectivity index (χ3v) is 5.49. The number of hydrogen-bond acceptors (Lipinski definition) is 5. The molecule has 7 heteroatoms. The van der Waals surface area contributed by atoms with Gasteiger partial charge in [-0.1, -0.05) is 24.3 Å². The molecule has 7 nitrogen and oxygen atoms in total. The Morgan fingerprint density at radius 2 is 1.77 bits per heavy atom. The molecule has 0 saturated heterocycles. The Bertz CT molecular complexity index is 1130. The van der Waals surface area contributed by atoms with Crippen molar-refractivity contribution in [3.8, 4) is 0 Å². The van der Waals surface area contributed by atoms with Crippen LogP contribution in [0.15, 0.2) is 66.9 Å². The van der Waals surface area contributed by atoms with E-state index in [0.29, 0.717) is 29.5 Å². The van der Waals surface area contributed by atoms with E-state index >= 15 is 0 Å². The van der Waals surface area contributed by atoms with E-state index in [9.17, 15) is 9.59 Å². The predicted molar refractivity (Wildman–Crippen MR) is 112 cm³/mol. The molecule has 0 spiro atoms. The Hall–Kier alpha value is -3.71. The molecule has 1 fully saturated rings. The second-order valence-electron chi connectivity index (χ2n) is 7.49. The average molecular weight is 400 g/mol. The summed E-state index contributed by atoms with van der Waals surface area (Å²) in [6.45, 7) is 0.351. The van der Waals surface area contributed by atoms with Crippen molar-refractivity contribution in [2.75, 3.05) is 9.80 Å². The molecule has 2 aliphatic rings. The lowest BCUT2D eigenvalue weighted by molar-refractivity contribution is 0.0706. The van der Waals surface area contributed by atoms with Gasteiger partial charge < -0.3 is 9.80 Å². The second kappa shape index (κ2) is 7.27. The predicted octanol–water partition coefficient (Wildman–Crippen LogP) is 3.66. The Balaban J connectivity index is 1.58. The van der Waals surface area contributed by atoms with Crippen LogP contribution < -0.4 is 15.3 Å². The molecule has 1 saturated carbocycles. The van der Waals surface area contributed by atoms with Gasteiger partial charge in [-0.25, -0.2) is 10.5 Å². The highest BCUT2D eigenvalue weighted by atomic mass is 16.5. The van der Waals surface area contributed by atoms with Crippen LogP contribution in [-0.4, -0.2) is 28.0 Å². The van der Waals surface area contributed by atoms with E-state index < -0.39 is 5.91 Å². The molecule has 0 bridgehead atoms. The maximum atomic E-state index is 13.6. The van der Waals surface area contributed by atoms with E-state index in [0.717, 1.165) is 29.8 Å². The van der Waals surface area contributed by atoms with Crippen LogP contribution in [0.3, 0.4) is 0 Å². The number of carbonyl (C=O) groups is 2. The number of anilines is 3. The maximum Gasteiger partial charge on any atom is 0.274 e. The molecular formula is C23H20N4O3. The summed E-state index contributed by atoms with van der Waals surface area (Å²) in [5, 5.41) is 8.80. The summed E-state index contributed by atoms with van der Waals surface area (Å²) < 4.78 is 0. The van der Waals surface area contributed by atoms with Gasteiger partial charge >= 0.3 is 0 Å². The third-order valence-electron chi connectivity index (χ3n) is 5.49. The van der Waals surface area contributed by atoms with Crippen molar-refractivity contribution in [2.24, 2.45) is 0 Å². The van der Waals surface area contributed by atoms with Gasteiger partial charge in [-0.2, -0.15) is 0 Å². The van der Waals surface area contributed by atoms with Crippen molar-refractivity contribution in [3.05, 3.63) is 83.6 Å². The summed E-state index contributed by atoms with van der Waals surface area (Å²) in [4.78, 5) is 33.7. The van der Waals surface area contributed by atoms with Crippen molar-refractivity contribution >= 4 is 29.0 Å². The summed E-state index contributed by atoms with van der Waals surface area (Å²) in [7, 11) is 0. The number of nitrogens with one attached hydrogen (secondary N) is 1. The highest BCUT2D eigenvalue weighted by molar-refractivity contribution is 6.13. The fourth-order valence-electron chi connectivity index (χ4n) is 3.89. The third kappa shape index (κ3) is 3.09. The van der Waals surface area contributed by atoms with Gasteiger partial charge in [0.2, 0.25) is 0 Å². The van der Waals surface area contributed by atoms with Gasteiger partial charge in [0, 0.05) is 17.8 Å². The molecule has 1 aliphatic heterocycles. The molecule has 0 unspecified atom stereocenters. The Labute approximate surface area is 173 Å². The first-order valence-corrected chi connectivity index (χ1v) is 9.86. The van der Waals surface area contributed by atoms with Crippen LogP contribution in [0.4, 0.5) is 17.2 Å². The average Bonchev–Trinajstić information content (AvgIpc) is 3.63. The lowest BCUT2D eigenvalue weighted by atomic mass is 10.1. The molecule has 150 valence electrons. The molecule has 5 rings (SSSR count). The van der Waals surface area contributed by atoms with Crippen molar-refractivity contribution in [3.63, 3.8) is 0 Å². The smallest absolute Gasteiger partial charge is 0.274 e. The second-order valence-corrected chi connectivity index (χ2v) is 7.49. The summed E-state index contributed by atoms with van der Waals surface area (Å²) in [6, 6.07) is 18.7. The first kappa shape index (κ1) is 18.3. The number of hydroxylamine groups is 1. The van der Waals surface area contributed by atoms with Gasteiger partial charge in [-0.15, -0.1) is 0 Å². The van der Waals surface area contributed by atoms with Gasteiger partial charge in [-0.05, 0) is 54.8 Å². The number of nitrogens with zero attached hydrogens (tertiary/aromatic N) is 3. The molecule has 0 atom stereocenters. The molecule has 2 heterocycles. The molecule has 1 aromatic heterocycles. The monoisotopic (exact) mass is 400 g/mol. The zero-order valence-electron chi connectivity index (χ0n) is 16.2. The standard InChI is InChI=1S/C23H20N4O3/c28-22(25-30)16-9-7-15(8-10-16)14-26-19-5-1-2-6-20(19)27(17-11-12-17)21-18(23(26)29)4-3-13-24-21/h1-10,13,17,30H,11-12,14H2,(H,25,28). The lowest BCUT2D eigenvalue weighted by Crippen LogP contribution is -2.29. The van der Waals surface area contributed by atoms with Gasteiger partial charge in [0.25, 0.3) is 11.8 Å². The molecule has 2 amide bonds. The molecule has 2 aromatic carbocycles. The molecule has 2 N–H and O–H groups in total. The first-order valence-electron chi connectivity index (χ1n) is 9.86. The fraction of sp³-hybridized carbons (Fsp3) is 0.174. The lowest BCUT2D eigenvalue weighted by Gasteiger charge is -2.26. The molecular weight excluding hydrogens is 380 g/mol. The van der Waals surface area contributed by atoms with Gasteiger partial charge in [-0.3, -0.25) is 14.8 Å². The van der Waals surface area contributed by atoms with E-state index in [1.807, 2.05) is 30.3 Å². The molecule has 0 radical (unpaired) electrons. The van der Waals surface area contributed by atoms with E-state index in [4.69, 9.17) is 5.21 Å². The summed E-state index contributed by atoms with van der Waals surface area (Å²) in [6.07, 6.45) is 3.88. The number of pyridine rings is 1. The molecule has 3 aromatic rings. The Morgan fingerprint density at radius 3 is 2.47 bits per heavy atom. The van der Waals surface area contributed by atoms with E-state index in [1.165, 1.54) is 0 Å². The van der Waals surface area contributed by atoms with Crippen LogP contribution >= 0.6 is 0 Å². The Morgan fingerprint density at radius 1 is 1.03 bits per heavy atom. The van der Waals surface area contributed by atoms with Gasteiger partial charge in [0.05, 0.1) is 23.5 Å². The normalized spacial score (nSPS) is 15.3. The van der Waals surface area contributed by atoms with Crippen LogP contribution in [0.25, 0.3) is 0 Å². The largest absolute Gasteiger partial charge is 0.321 e. The van der Waals surface area contributed by atoms with Crippen molar-refractivity contribution in [1.29, 1.82) is 0 Å². The zero-order chi connectivity index (χ0) is 20.7. The van der Waals surface area contributed by atoms with Gasteiger partial charge in [0.15, 0.2) is 0 Å². The number of aromatic nitrogens is 1. The number of hydrogen-bond donors (Lipinski definition) is 2. The topological polar surface area (TPSA) is 85.8 Å². The summed E-state index contributed by atoms with van der Waals surface area (Å²) in [5.41, 5.74) is 5.24. The van der Waals surface area contributed by atoms with E-state index in [-0.39, 0.29) is 5.91 Å².